The topological polar surface area (TPSA) is 39.9 Å². The molecular formula is C21H18FN3O. The van der Waals surface area contributed by atoms with E-state index in [4.69, 9.17) is 9.72 Å². The van der Waals surface area contributed by atoms with Gasteiger partial charge >= 0.3 is 0 Å². The number of halogens is 1. The summed E-state index contributed by atoms with van der Waals surface area (Å²) >= 11 is 0. The molecule has 1 aromatic carbocycles. The summed E-state index contributed by atoms with van der Waals surface area (Å²) in [6.07, 6.45) is 3.68. The van der Waals surface area contributed by atoms with Crippen molar-refractivity contribution in [1.82, 2.24) is 14.5 Å². The first-order valence-corrected chi connectivity index (χ1v) is 8.36. The Balaban J connectivity index is 1.92. The third kappa shape index (κ3) is 2.81. The number of aryl methyl sites for hydroxylation is 1. The Kier molecular flexibility index (Phi) is 4.13. The third-order valence-corrected chi connectivity index (χ3v) is 4.42. The molecule has 3 aromatic heterocycles. The van der Waals surface area contributed by atoms with Gasteiger partial charge in [-0.1, -0.05) is 18.2 Å². The van der Waals surface area contributed by atoms with E-state index in [0.29, 0.717) is 18.0 Å². The number of fused-ring (bicyclic) bond motifs is 1. The maximum atomic E-state index is 14.1. The fraction of sp³-hybridized carbons (Fsp3) is 0.143. The largest absolute Gasteiger partial charge is 0.481 e. The van der Waals surface area contributed by atoms with E-state index in [1.165, 1.54) is 6.07 Å². The van der Waals surface area contributed by atoms with Crippen molar-refractivity contribution in [2.45, 2.75) is 13.5 Å². The Morgan fingerprint density at radius 2 is 1.88 bits per heavy atom. The van der Waals surface area contributed by atoms with Crippen LogP contribution in [0.25, 0.3) is 22.2 Å². The minimum atomic E-state index is -0.213. The minimum Gasteiger partial charge on any atom is -0.481 e. The molecule has 4 rings (SSSR count). The summed E-state index contributed by atoms with van der Waals surface area (Å²) in [7, 11) is 1.60. The van der Waals surface area contributed by atoms with Crippen LogP contribution >= 0.6 is 0 Å². The molecule has 0 aliphatic rings. The van der Waals surface area contributed by atoms with Crippen LogP contribution in [0.3, 0.4) is 0 Å². The van der Waals surface area contributed by atoms with Crippen molar-refractivity contribution in [3.05, 3.63) is 78.0 Å². The standard InChI is InChI=1S/C21H18FN3O/c1-14-9-10-19-20(24-14)17(16-7-5-11-23-21(16)26-2)13-25(19)12-15-6-3-4-8-18(15)22/h3-11,13H,12H2,1-2H3. The van der Waals surface area contributed by atoms with E-state index < -0.39 is 0 Å². The lowest BCUT2D eigenvalue weighted by molar-refractivity contribution is 0.399. The summed E-state index contributed by atoms with van der Waals surface area (Å²) in [5.41, 5.74) is 5.14. The van der Waals surface area contributed by atoms with Crippen LogP contribution in [-0.4, -0.2) is 21.6 Å². The average molecular weight is 347 g/mol. The molecule has 0 unspecified atom stereocenters. The van der Waals surface area contributed by atoms with E-state index in [9.17, 15) is 4.39 Å². The Hall–Kier alpha value is -3.21. The third-order valence-electron chi connectivity index (χ3n) is 4.42. The number of rotatable bonds is 4. The second-order valence-corrected chi connectivity index (χ2v) is 6.14. The molecule has 3 heterocycles. The van der Waals surface area contributed by atoms with Crippen molar-refractivity contribution in [2.75, 3.05) is 7.11 Å². The van der Waals surface area contributed by atoms with E-state index >= 15 is 0 Å². The normalized spacial score (nSPS) is 11.0. The van der Waals surface area contributed by atoms with Crippen molar-refractivity contribution >= 4 is 11.0 Å². The fourth-order valence-corrected chi connectivity index (χ4v) is 3.16. The molecule has 0 atom stereocenters. The van der Waals surface area contributed by atoms with Gasteiger partial charge in [0.25, 0.3) is 0 Å². The van der Waals surface area contributed by atoms with Crippen LogP contribution in [0.5, 0.6) is 5.88 Å². The van der Waals surface area contributed by atoms with Crippen molar-refractivity contribution in [3.8, 4) is 17.0 Å². The second-order valence-electron chi connectivity index (χ2n) is 6.14. The number of methoxy groups -OCH3 is 1. The monoisotopic (exact) mass is 347 g/mol. The van der Waals surface area contributed by atoms with Crippen molar-refractivity contribution < 1.29 is 9.13 Å². The summed E-state index contributed by atoms with van der Waals surface area (Å²) < 4.78 is 21.6. The first-order chi connectivity index (χ1) is 12.7. The first kappa shape index (κ1) is 16.3. The van der Waals surface area contributed by atoms with Gasteiger partial charge in [-0.3, -0.25) is 4.98 Å². The summed E-state index contributed by atoms with van der Waals surface area (Å²) in [6.45, 7) is 2.38. The molecule has 130 valence electrons. The number of nitrogens with zero attached hydrogens (tertiary/aromatic N) is 3. The summed E-state index contributed by atoms with van der Waals surface area (Å²) in [5.74, 6) is 0.329. The molecule has 0 fully saturated rings. The smallest absolute Gasteiger partial charge is 0.221 e. The highest BCUT2D eigenvalue weighted by Gasteiger charge is 2.16. The number of pyridine rings is 2. The number of aromatic nitrogens is 3. The van der Waals surface area contributed by atoms with Crippen LogP contribution < -0.4 is 4.74 Å². The van der Waals surface area contributed by atoms with Crippen LogP contribution in [0.15, 0.2) is 60.9 Å². The number of hydrogen-bond acceptors (Lipinski definition) is 3. The van der Waals surface area contributed by atoms with Gasteiger partial charge in [-0.05, 0) is 37.3 Å². The van der Waals surface area contributed by atoms with Crippen LogP contribution in [-0.2, 0) is 6.54 Å². The van der Waals surface area contributed by atoms with Crippen LogP contribution in [0.1, 0.15) is 11.3 Å². The molecule has 0 amide bonds. The zero-order chi connectivity index (χ0) is 18.1. The van der Waals surface area contributed by atoms with Crippen molar-refractivity contribution in [2.24, 2.45) is 0 Å². The summed E-state index contributed by atoms with van der Waals surface area (Å²) in [5, 5.41) is 0. The molecule has 0 saturated heterocycles. The zero-order valence-electron chi connectivity index (χ0n) is 14.6. The molecular weight excluding hydrogens is 329 g/mol. The molecule has 0 N–H and O–H groups in total. The molecule has 4 aromatic rings. The SMILES string of the molecule is COc1ncccc1-c1cn(Cc2ccccc2F)c2ccc(C)nc12. The predicted molar refractivity (Wildman–Crippen MR) is 99.8 cm³/mol. The van der Waals surface area contributed by atoms with Gasteiger partial charge in [-0.25, -0.2) is 9.37 Å². The fourth-order valence-electron chi connectivity index (χ4n) is 3.16. The van der Waals surface area contributed by atoms with E-state index in [1.54, 1.807) is 25.4 Å². The van der Waals surface area contributed by atoms with Gasteiger partial charge in [-0.15, -0.1) is 0 Å². The Labute approximate surface area is 150 Å². The van der Waals surface area contributed by atoms with Crippen LogP contribution in [0.2, 0.25) is 0 Å². The van der Waals surface area contributed by atoms with Gasteiger partial charge in [-0.2, -0.15) is 0 Å². The molecule has 4 nitrogen and oxygen atoms in total. The number of hydrogen-bond donors (Lipinski definition) is 0. The lowest BCUT2D eigenvalue weighted by atomic mass is 10.1. The highest BCUT2D eigenvalue weighted by Crippen LogP contribution is 2.34. The minimum absolute atomic E-state index is 0.213. The average Bonchev–Trinajstić information content (AvgIpc) is 3.01. The molecule has 0 saturated carbocycles. The predicted octanol–water partition coefficient (Wildman–Crippen LogP) is 4.60. The number of benzene rings is 1. The van der Waals surface area contributed by atoms with E-state index in [0.717, 1.165) is 27.9 Å². The quantitative estimate of drug-likeness (QED) is 0.541. The van der Waals surface area contributed by atoms with Gasteiger partial charge in [0, 0.05) is 34.8 Å². The summed E-state index contributed by atoms with van der Waals surface area (Å²) in [4.78, 5) is 9.01. The van der Waals surface area contributed by atoms with Crippen molar-refractivity contribution in [3.63, 3.8) is 0 Å². The maximum Gasteiger partial charge on any atom is 0.221 e. The van der Waals surface area contributed by atoms with E-state index in [2.05, 4.69) is 4.98 Å². The van der Waals surface area contributed by atoms with Crippen LogP contribution in [0, 0.1) is 12.7 Å². The van der Waals surface area contributed by atoms with Gasteiger partial charge in [0.1, 0.15) is 5.82 Å². The molecule has 0 aliphatic carbocycles. The molecule has 26 heavy (non-hydrogen) atoms. The summed E-state index contributed by atoms with van der Waals surface area (Å²) in [6, 6.07) is 14.6. The van der Waals surface area contributed by atoms with E-state index in [-0.39, 0.29) is 5.82 Å². The molecule has 0 spiro atoms. The maximum absolute atomic E-state index is 14.1. The Bertz CT molecular complexity index is 1090. The highest BCUT2D eigenvalue weighted by atomic mass is 19.1. The molecule has 0 aliphatic heterocycles. The van der Waals surface area contributed by atoms with Gasteiger partial charge < -0.3 is 9.30 Å². The highest BCUT2D eigenvalue weighted by molar-refractivity contribution is 5.94. The van der Waals surface area contributed by atoms with Gasteiger partial charge in [0.05, 0.1) is 24.7 Å². The molecule has 5 heteroatoms. The Morgan fingerprint density at radius 1 is 1.04 bits per heavy atom. The Morgan fingerprint density at radius 3 is 2.69 bits per heavy atom. The number of ether oxygens (including phenoxy) is 1. The molecule has 0 radical (unpaired) electrons. The van der Waals surface area contributed by atoms with Gasteiger partial charge in [0.2, 0.25) is 5.88 Å². The van der Waals surface area contributed by atoms with Crippen LogP contribution in [0.4, 0.5) is 4.39 Å². The lowest BCUT2D eigenvalue weighted by Crippen LogP contribution is -2.00. The second kappa shape index (κ2) is 6.59. The van der Waals surface area contributed by atoms with E-state index in [1.807, 2.05) is 48.0 Å². The van der Waals surface area contributed by atoms with Gasteiger partial charge in [0.15, 0.2) is 0 Å². The molecule has 0 bridgehead atoms. The zero-order valence-corrected chi connectivity index (χ0v) is 14.6. The van der Waals surface area contributed by atoms with Crippen molar-refractivity contribution in [1.29, 1.82) is 0 Å². The first-order valence-electron chi connectivity index (χ1n) is 8.36. The lowest BCUT2D eigenvalue weighted by Gasteiger charge is -2.06.